The van der Waals surface area contributed by atoms with E-state index in [4.69, 9.17) is 0 Å². The third-order valence-corrected chi connectivity index (χ3v) is 7.08. The predicted molar refractivity (Wildman–Crippen MR) is 138 cm³/mol. The number of hydrogen-bond donors (Lipinski definition) is 0. The van der Waals surface area contributed by atoms with Crippen LogP contribution in [0.4, 0.5) is 0 Å². The SMILES string of the molecule is [I-].c1ccc([PH2+]c2ccc(-c3ccccc3)c(-c3ccccc3)c2-c2ccccc2)cc1. The van der Waals surface area contributed by atoms with Gasteiger partial charge < -0.3 is 24.0 Å². The second-order valence-electron chi connectivity index (χ2n) is 7.61. The van der Waals surface area contributed by atoms with Crippen molar-refractivity contribution in [3.63, 3.8) is 0 Å². The number of benzene rings is 5. The lowest BCUT2D eigenvalue weighted by Crippen LogP contribution is -3.00. The van der Waals surface area contributed by atoms with Gasteiger partial charge in [0.2, 0.25) is 0 Å². The van der Waals surface area contributed by atoms with E-state index in [1.54, 1.807) is 0 Å². The Balaban J connectivity index is 0.00000245. The first-order chi connectivity index (χ1) is 15.4. The molecule has 5 rings (SSSR count). The van der Waals surface area contributed by atoms with E-state index in [1.807, 2.05) is 0 Å². The van der Waals surface area contributed by atoms with Crippen molar-refractivity contribution in [3.05, 3.63) is 133 Å². The van der Waals surface area contributed by atoms with Crippen LogP contribution >= 0.6 is 8.58 Å². The molecule has 0 heterocycles. The number of hydrogen-bond acceptors (Lipinski definition) is 0. The average molecular weight is 542 g/mol. The van der Waals surface area contributed by atoms with Gasteiger partial charge in [0.1, 0.15) is 5.30 Å². The first-order valence-electron chi connectivity index (χ1n) is 10.6. The third kappa shape index (κ3) is 4.85. The standard InChI is InChI=1S/C30H23P.HI/c1-5-13-23(14-6-1)27-21-22-28(31-26-19-11-4-12-20-26)30(25-17-9-3-10-18-25)29(27)24-15-7-2-8-16-24;/h1-22,31H;1H. The minimum absolute atomic E-state index is 0. The molecule has 0 aliphatic carbocycles. The lowest BCUT2D eigenvalue weighted by atomic mass is 9.87. The molecule has 0 radical (unpaired) electrons. The summed E-state index contributed by atoms with van der Waals surface area (Å²) in [6.07, 6.45) is 0. The fraction of sp³-hybridized carbons (Fsp3) is 0. The summed E-state index contributed by atoms with van der Waals surface area (Å²) < 4.78 is 0. The van der Waals surface area contributed by atoms with Gasteiger partial charge in [0.05, 0.1) is 13.9 Å². The van der Waals surface area contributed by atoms with Crippen molar-refractivity contribution in [2.45, 2.75) is 0 Å². The molecule has 156 valence electrons. The Morgan fingerprint density at radius 2 is 0.812 bits per heavy atom. The summed E-state index contributed by atoms with van der Waals surface area (Å²) in [5.41, 5.74) is 7.74. The van der Waals surface area contributed by atoms with Crippen molar-refractivity contribution in [1.29, 1.82) is 0 Å². The van der Waals surface area contributed by atoms with Crippen LogP contribution in [0.3, 0.4) is 0 Å². The topological polar surface area (TPSA) is 0 Å². The van der Waals surface area contributed by atoms with Crippen molar-refractivity contribution in [3.8, 4) is 33.4 Å². The molecule has 0 amide bonds. The predicted octanol–water partition coefficient (Wildman–Crippen LogP) is 4.05. The Hall–Kier alpha value is -2.74. The zero-order valence-electron chi connectivity index (χ0n) is 17.7. The van der Waals surface area contributed by atoms with Gasteiger partial charge in [-0.25, -0.2) is 0 Å². The molecular formula is C30H24IP. The first-order valence-corrected chi connectivity index (χ1v) is 11.8. The molecule has 5 aromatic carbocycles. The summed E-state index contributed by atoms with van der Waals surface area (Å²) >= 11 is 0. The van der Waals surface area contributed by atoms with Gasteiger partial charge in [-0.2, -0.15) is 0 Å². The van der Waals surface area contributed by atoms with Crippen LogP contribution in [0.5, 0.6) is 0 Å². The van der Waals surface area contributed by atoms with E-state index in [-0.39, 0.29) is 32.6 Å². The molecule has 1 unspecified atom stereocenters. The van der Waals surface area contributed by atoms with Crippen LogP contribution in [0.15, 0.2) is 133 Å². The molecule has 0 saturated carbocycles. The summed E-state index contributed by atoms with van der Waals surface area (Å²) in [5.74, 6) is 0. The molecule has 0 bridgehead atoms. The van der Waals surface area contributed by atoms with E-state index in [9.17, 15) is 0 Å². The average Bonchev–Trinajstić information content (AvgIpc) is 2.86. The molecule has 0 fully saturated rings. The zero-order valence-corrected chi connectivity index (χ0v) is 21.0. The van der Waals surface area contributed by atoms with E-state index in [0.717, 1.165) is 0 Å². The van der Waals surface area contributed by atoms with Crippen molar-refractivity contribution < 1.29 is 24.0 Å². The number of rotatable bonds is 5. The van der Waals surface area contributed by atoms with Crippen LogP contribution in [0.25, 0.3) is 33.4 Å². The van der Waals surface area contributed by atoms with Gasteiger partial charge in [-0.15, -0.1) is 0 Å². The van der Waals surface area contributed by atoms with Gasteiger partial charge in [-0.1, -0.05) is 109 Å². The van der Waals surface area contributed by atoms with Gasteiger partial charge in [0.15, 0.2) is 0 Å². The molecular weight excluding hydrogens is 518 g/mol. The Morgan fingerprint density at radius 1 is 0.375 bits per heavy atom. The van der Waals surface area contributed by atoms with Crippen LogP contribution in [0, 0.1) is 0 Å². The van der Waals surface area contributed by atoms with E-state index in [1.165, 1.54) is 44.0 Å². The highest BCUT2D eigenvalue weighted by Gasteiger charge is 2.21. The van der Waals surface area contributed by atoms with Crippen molar-refractivity contribution in [2.75, 3.05) is 0 Å². The second kappa shape index (κ2) is 10.7. The molecule has 5 aromatic rings. The van der Waals surface area contributed by atoms with E-state index < -0.39 is 0 Å². The minimum atomic E-state index is -0.0163. The molecule has 0 N–H and O–H groups in total. The summed E-state index contributed by atoms with van der Waals surface area (Å²) in [7, 11) is -0.0163. The third-order valence-electron chi connectivity index (χ3n) is 5.57. The molecule has 0 aliphatic heterocycles. The van der Waals surface area contributed by atoms with E-state index >= 15 is 0 Å². The van der Waals surface area contributed by atoms with E-state index in [0.29, 0.717) is 0 Å². The Kier molecular flexibility index (Phi) is 7.52. The summed E-state index contributed by atoms with van der Waals surface area (Å²) in [4.78, 5) is 0. The highest BCUT2D eigenvalue weighted by molar-refractivity contribution is 7.55. The Morgan fingerprint density at radius 3 is 1.34 bits per heavy atom. The normalized spacial score (nSPS) is 10.8. The van der Waals surface area contributed by atoms with Gasteiger partial charge in [0, 0.05) is 11.1 Å². The van der Waals surface area contributed by atoms with Gasteiger partial charge >= 0.3 is 0 Å². The molecule has 32 heavy (non-hydrogen) atoms. The minimum Gasteiger partial charge on any atom is -1.00 e. The zero-order chi connectivity index (χ0) is 20.9. The summed E-state index contributed by atoms with van der Waals surface area (Å²) in [5, 5.41) is 2.84. The van der Waals surface area contributed by atoms with Gasteiger partial charge in [0.25, 0.3) is 0 Å². The van der Waals surface area contributed by atoms with E-state index in [2.05, 4.69) is 133 Å². The van der Waals surface area contributed by atoms with Gasteiger partial charge in [-0.3, -0.25) is 0 Å². The molecule has 1 atom stereocenters. The monoisotopic (exact) mass is 542 g/mol. The maximum absolute atomic E-state index is 2.35. The highest BCUT2D eigenvalue weighted by Crippen LogP contribution is 2.40. The fourth-order valence-electron chi connectivity index (χ4n) is 4.15. The van der Waals surface area contributed by atoms with Crippen LogP contribution in [-0.4, -0.2) is 0 Å². The molecule has 2 heteroatoms. The van der Waals surface area contributed by atoms with Crippen molar-refractivity contribution in [2.24, 2.45) is 0 Å². The summed E-state index contributed by atoms with van der Waals surface area (Å²) in [6.45, 7) is 0. The maximum Gasteiger partial charge on any atom is 0.103 e. The lowest BCUT2D eigenvalue weighted by molar-refractivity contribution is -0.00000575. The maximum atomic E-state index is 2.35. The van der Waals surface area contributed by atoms with Crippen molar-refractivity contribution >= 4 is 19.2 Å². The molecule has 0 aromatic heterocycles. The highest BCUT2D eigenvalue weighted by atomic mass is 127. The van der Waals surface area contributed by atoms with Crippen LogP contribution < -0.4 is 34.6 Å². The molecule has 0 aliphatic rings. The smallest absolute Gasteiger partial charge is 0.103 e. The molecule has 0 spiro atoms. The Labute approximate surface area is 209 Å². The summed E-state index contributed by atoms with van der Waals surface area (Å²) in [6, 6.07) is 47.9. The quantitative estimate of drug-likeness (QED) is 0.232. The first kappa shape index (κ1) is 22.5. The van der Waals surface area contributed by atoms with Crippen LogP contribution in [-0.2, 0) is 0 Å². The molecule has 0 saturated heterocycles. The largest absolute Gasteiger partial charge is 1.00 e. The van der Waals surface area contributed by atoms with Crippen LogP contribution in [0.1, 0.15) is 0 Å². The molecule has 0 nitrogen and oxygen atoms in total. The Bertz CT molecular complexity index is 1270. The number of halogens is 1. The lowest BCUT2D eigenvalue weighted by Gasteiger charge is -2.18. The van der Waals surface area contributed by atoms with Gasteiger partial charge in [-0.05, 0) is 46.5 Å². The van der Waals surface area contributed by atoms with Crippen LogP contribution in [0.2, 0.25) is 0 Å². The fourth-order valence-corrected chi connectivity index (χ4v) is 5.57. The second-order valence-corrected chi connectivity index (χ2v) is 9.18. The van der Waals surface area contributed by atoms with Crippen molar-refractivity contribution in [1.82, 2.24) is 0 Å².